The van der Waals surface area contributed by atoms with Gasteiger partial charge in [-0.05, 0) is 39.5 Å². The molecule has 0 amide bonds. The topological polar surface area (TPSA) is 37.8 Å². The molecule has 0 saturated heterocycles. The molecule has 0 aliphatic rings. The minimum Gasteiger partial charge on any atom is -0.340 e. The van der Waals surface area contributed by atoms with Gasteiger partial charge in [0.15, 0.2) is 0 Å². The fourth-order valence-corrected chi connectivity index (χ4v) is 2.30. The van der Waals surface area contributed by atoms with Crippen molar-refractivity contribution in [2.24, 2.45) is 0 Å². The first-order chi connectivity index (χ1) is 9.75. The van der Waals surface area contributed by atoms with E-state index < -0.39 is 0 Å². The highest BCUT2D eigenvalue weighted by Crippen LogP contribution is 2.25. The second kappa shape index (κ2) is 6.14. The van der Waals surface area contributed by atoms with Crippen LogP contribution in [-0.4, -0.2) is 9.97 Å². The Morgan fingerprint density at radius 3 is 2.19 bits per heavy atom. The maximum absolute atomic E-state index is 4.61. The van der Waals surface area contributed by atoms with Gasteiger partial charge in [0.05, 0.1) is 0 Å². The summed E-state index contributed by atoms with van der Waals surface area (Å²) in [5.74, 6) is 2.16. The summed E-state index contributed by atoms with van der Waals surface area (Å²) >= 11 is 3.46. The van der Waals surface area contributed by atoms with Crippen LogP contribution in [0.3, 0.4) is 0 Å². The highest BCUT2D eigenvalue weighted by Gasteiger charge is 2.18. The molecule has 1 N–H and O–H groups in total. The summed E-state index contributed by atoms with van der Waals surface area (Å²) < 4.78 is 0.795. The van der Waals surface area contributed by atoms with Crippen LogP contribution in [0.2, 0.25) is 0 Å². The summed E-state index contributed by atoms with van der Waals surface area (Å²) in [5.41, 5.74) is 2.28. The van der Waals surface area contributed by atoms with Crippen LogP contribution < -0.4 is 5.32 Å². The van der Waals surface area contributed by atoms with Gasteiger partial charge >= 0.3 is 0 Å². The van der Waals surface area contributed by atoms with Crippen molar-refractivity contribution in [3.8, 4) is 0 Å². The van der Waals surface area contributed by atoms with Crippen LogP contribution in [-0.2, 0) is 5.41 Å². The van der Waals surface area contributed by atoms with Crippen LogP contribution in [0, 0.1) is 0 Å². The van der Waals surface area contributed by atoms with Crippen molar-refractivity contribution in [2.75, 3.05) is 5.32 Å². The van der Waals surface area contributed by atoms with Gasteiger partial charge in [-0.25, -0.2) is 9.97 Å². The number of nitrogens with one attached hydrogen (secondary N) is 1. The van der Waals surface area contributed by atoms with Crippen LogP contribution in [0.4, 0.5) is 11.5 Å². The van der Waals surface area contributed by atoms with Gasteiger partial charge in [-0.15, -0.1) is 0 Å². The molecule has 0 radical (unpaired) electrons. The lowest BCUT2D eigenvalue weighted by molar-refractivity contribution is 0.544. The van der Waals surface area contributed by atoms with Crippen LogP contribution in [0.1, 0.15) is 51.9 Å². The van der Waals surface area contributed by atoms with E-state index in [9.17, 15) is 0 Å². The molecular weight excluding hydrogens is 326 g/mol. The molecule has 0 bridgehead atoms. The molecule has 0 fully saturated rings. The summed E-state index contributed by atoms with van der Waals surface area (Å²) in [5, 5.41) is 3.34. The molecule has 0 unspecified atom stereocenters. The average molecular weight is 348 g/mol. The van der Waals surface area contributed by atoms with Crippen molar-refractivity contribution in [3.05, 3.63) is 46.3 Å². The Morgan fingerprint density at radius 1 is 1.05 bits per heavy atom. The number of aromatic nitrogens is 2. The molecule has 0 aliphatic carbocycles. The van der Waals surface area contributed by atoms with Crippen molar-refractivity contribution >= 4 is 27.4 Å². The van der Waals surface area contributed by atoms with E-state index in [1.807, 2.05) is 6.07 Å². The predicted molar refractivity (Wildman–Crippen MR) is 92.2 cm³/mol. The first kappa shape index (κ1) is 16.0. The predicted octanol–water partition coefficient (Wildman–Crippen LogP) is 5.40. The lowest BCUT2D eigenvalue weighted by Gasteiger charge is -2.18. The smallest absolute Gasteiger partial charge is 0.137 e. The zero-order chi connectivity index (χ0) is 15.6. The van der Waals surface area contributed by atoms with E-state index in [0.29, 0.717) is 5.92 Å². The molecule has 2 rings (SSSR count). The number of nitrogens with zero attached hydrogens (tertiary/aromatic N) is 2. The monoisotopic (exact) mass is 347 g/mol. The van der Waals surface area contributed by atoms with Crippen molar-refractivity contribution in [3.63, 3.8) is 0 Å². The minimum atomic E-state index is -0.0816. The maximum Gasteiger partial charge on any atom is 0.137 e. The van der Waals surface area contributed by atoms with E-state index in [0.717, 1.165) is 21.9 Å². The van der Waals surface area contributed by atoms with E-state index in [2.05, 4.69) is 90.1 Å². The van der Waals surface area contributed by atoms with Gasteiger partial charge in [0, 0.05) is 17.2 Å². The van der Waals surface area contributed by atoms with Crippen LogP contribution in [0.15, 0.2) is 34.9 Å². The van der Waals surface area contributed by atoms with Gasteiger partial charge in [0.25, 0.3) is 0 Å². The zero-order valence-electron chi connectivity index (χ0n) is 13.2. The number of hydrogen-bond acceptors (Lipinski definition) is 3. The van der Waals surface area contributed by atoms with Crippen molar-refractivity contribution in [1.82, 2.24) is 9.97 Å². The second-order valence-electron chi connectivity index (χ2n) is 6.55. The van der Waals surface area contributed by atoms with Gasteiger partial charge in [0.1, 0.15) is 16.2 Å². The molecule has 4 heteroatoms. The fourth-order valence-electron chi connectivity index (χ4n) is 1.92. The van der Waals surface area contributed by atoms with E-state index in [1.54, 1.807) is 0 Å². The molecule has 21 heavy (non-hydrogen) atoms. The second-order valence-corrected chi connectivity index (χ2v) is 7.36. The lowest BCUT2D eigenvalue weighted by atomic mass is 9.96. The number of rotatable bonds is 3. The highest BCUT2D eigenvalue weighted by atomic mass is 79.9. The third-order valence-electron chi connectivity index (χ3n) is 3.22. The first-order valence-corrected chi connectivity index (χ1v) is 7.97. The SMILES string of the molecule is CC(C)c1ccc(Nc2cc(Br)nc(C(C)(C)C)n2)cc1. The number of halogens is 1. The first-order valence-electron chi connectivity index (χ1n) is 7.18. The molecule has 1 aromatic carbocycles. The quantitative estimate of drug-likeness (QED) is 0.755. The Labute approximate surface area is 135 Å². The normalized spacial score (nSPS) is 11.8. The lowest BCUT2D eigenvalue weighted by Crippen LogP contribution is -2.16. The minimum absolute atomic E-state index is 0.0816. The van der Waals surface area contributed by atoms with E-state index in [-0.39, 0.29) is 5.41 Å². The Hall–Kier alpha value is -1.42. The van der Waals surface area contributed by atoms with Crippen LogP contribution in [0.25, 0.3) is 0 Å². The zero-order valence-corrected chi connectivity index (χ0v) is 14.8. The standard InChI is InChI=1S/C17H22BrN3/c1-11(2)12-6-8-13(9-7-12)19-15-10-14(18)20-16(21-15)17(3,4)5/h6-11H,1-5H3,(H,19,20,21). The molecule has 112 valence electrons. The summed E-state index contributed by atoms with van der Waals surface area (Å²) in [7, 11) is 0. The van der Waals surface area contributed by atoms with Gasteiger partial charge in [0.2, 0.25) is 0 Å². The molecule has 1 aromatic heterocycles. The Bertz CT molecular complexity index is 613. The summed E-state index contributed by atoms with van der Waals surface area (Å²) in [4.78, 5) is 9.06. The maximum atomic E-state index is 4.61. The molecular formula is C17H22BrN3. The van der Waals surface area contributed by atoms with Gasteiger partial charge in [-0.3, -0.25) is 0 Å². The largest absolute Gasteiger partial charge is 0.340 e. The summed E-state index contributed by atoms with van der Waals surface area (Å²) in [6.07, 6.45) is 0. The molecule has 0 atom stereocenters. The number of hydrogen-bond donors (Lipinski definition) is 1. The van der Waals surface area contributed by atoms with Crippen molar-refractivity contribution in [1.29, 1.82) is 0 Å². The van der Waals surface area contributed by atoms with E-state index in [1.165, 1.54) is 5.56 Å². The average Bonchev–Trinajstić information content (AvgIpc) is 2.37. The number of anilines is 2. The summed E-state index contributed by atoms with van der Waals surface area (Å²) in [6.45, 7) is 10.7. The van der Waals surface area contributed by atoms with Crippen LogP contribution >= 0.6 is 15.9 Å². The molecule has 2 aromatic rings. The highest BCUT2D eigenvalue weighted by molar-refractivity contribution is 9.10. The third-order valence-corrected chi connectivity index (χ3v) is 3.62. The Balaban J connectivity index is 2.25. The van der Waals surface area contributed by atoms with E-state index in [4.69, 9.17) is 0 Å². The summed E-state index contributed by atoms with van der Waals surface area (Å²) in [6, 6.07) is 10.4. The van der Waals surface area contributed by atoms with Crippen molar-refractivity contribution < 1.29 is 0 Å². The molecule has 3 nitrogen and oxygen atoms in total. The molecule has 0 spiro atoms. The fraction of sp³-hybridized carbons (Fsp3) is 0.412. The van der Waals surface area contributed by atoms with Gasteiger partial charge < -0.3 is 5.32 Å². The van der Waals surface area contributed by atoms with E-state index >= 15 is 0 Å². The molecule has 1 heterocycles. The Kier molecular flexibility index (Phi) is 4.67. The number of benzene rings is 1. The third kappa shape index (κ3) is 4.27. The van der Waals surface area contributed by atoms with Crippen molar-refractivity contribution in [2.45, 2.75) is 46.0 Å². The van der Waals surface area contributed by atoms with Gasteiger partial charge in [-0.2, -0.15) is 0 Å². The molecule has 0 aliphatic heterocycles. The Morgan fingerprint density at radius 2 is 1.67 bits per heavy atom. The van der Waals surface area contributed by atoms with Gasteiger partial charge in [-0.1, -0.05) is 46.8 Å². The van der Waals surface area contributed by atoms with Crippen LogP contribution in [0.5, 0.6) is 0 Å². The molecule has 0 saturated carbocycles.